The number of primary amides is 2. The molecule has 4 heterocycles. The van der Waals surface area contributed by atoms with E-state index in [-0.39, 0.29) is 69.8 Å². The van der Waals surface area contributed by atoms with Crippen molar-refractivity contribution in [2.45, 2.75) is 13.1 Å². The molecule has 6 rings (SSSR count). The molecule has 0 unspecified atom stereocenters. The van der Waals surface area contributed by atoms with Crippen LogP contribution in [0.4, 0.5) is 11.9 Å². The van der Waals surface area contributed by atoms with E-state index in [1.807, 2.05) is 0 Å². The van der Waals surface area contributed by atoms with E-state index in [2.05, 4.69) is 41.0 Å². The number of phenolic OH excluding ortho intramolecular Hbond substituents is 1. The third-order valence-corrected chi connectivity index (χ3v) is 7.30. The number of nitrogens with one attached hydrogen (secondary N) is 2. The van der Waals surface area contributed by atoms with Gasteiger partial charge in [-0.15, -0.1) is 0 Å². The van der Waals surface area contributed by atoms with Crippen molar-refractivity contribution in [2.24, 2.45) is 11.5 Å². The molecule has 0 radical (unpaired) electrons. The number of amides is 4. The van der Waals surface area contributed by atoms with Crippen molar-refractivity contribution in [3.63, 3.8) is 0 Å². The van der Waals surface area contributed by atoms with E-state index in [0.717, 1.165) is 0 Å². The number of methoxy groups -OCH3 is 1. The molecule has 6 aromatic rings. The molecule has 0 aliphatic carbocycles. The van der Waals surface area contributed by atoms with E-state index in [0.29, 0.717) is 11.0 Å². The van der Waals surface area contributed by atoms with Crippen LogP contribution in [0.25, 0.3) is 22.1 Å². The molecule has 0 aliphatic heterocycles. The molecular weight excluding hydrogens is 636 g/mol. The van der Waals surface area contributed by atoms with Gasteiger partial charge in [-0.2, -0.15) is 20.4 Å². The van der Waals surface area contributed by atoms with E-state index in [4.69, 9.17) is 16.2 Å². The highest BCUT2D eigenvalue weighted by Crippen LogP contribution is 2.32. The minimum Gasteiger partial charge on any atom is -0.506 e. The Bertz CT molecular complexity index is 2280. The average Bonchev–Trinajstić information content (AvgIpc) is 3.63. The molecule has 0 atom stereocenters. The predicted molar refractivity (Wildman–Crippen MR) is 174 cm³/mol. The molecule has 0 fully saturated rings. The van der Waals surface area contributed by atoms with Crippen molar-refractivity contribution in [3.8, 4) is 11.5 Å². The van der Waals surface area contributed by atoms with Crippen LogP contribution in [0, 0.1) is 0 Å². The Morgan fingerprint density at radius 3 is 1.69 bits per heavy atom. The lowest BCUT2D eigenvalue weighted by Crippen LogP contribution is -2.16. The normalized spacial score (nSPS) is 11.2. The third-order valence-electron chi connectivity index (χ3n) is 7.30. The molecule has 0 saturated carbocycles. The highest BCUT2D eigenvalue weighted by atomic mass is 16.5. The lowest BCUT2D eigenvalue weighted by Gasteiger charge is -2.11. The fourth-order valence-corrected chi connectivity index (χ4v) is 5.02. The number of imidazole rings is 2. The van der Waals surface area contributed by atoms with Crippen molar-refractivity contribution < 1.29 is 29.0 Å². The average molecular weight is 663 g/mol. The van der Waals surface area contributed by atoms with Gasteiger partial charge in [0.2, 0.25) is 23.7 Å². The summed E-state index contributed by atoms with van der Waals surface area (Å²) >= 11 is 0. The van der Waals surface area contributed by atoms with Gasteiger partial charge in [-0.1, -0.05) is 12.2 Å². The van der Waals surface area contributed by atoms with Gasteiger partial charge >= 0.3 is 0 Å². The Morgan fingerprint density at radius 2 is 1.22 bits per heavy atom. The Hall–Kier alpha value is -7.24. The summed E-state index contributed by atoms with van der Waals surface area (Å²) < 4.78 is 8.75. The van der Waals surface area contributed by atoms with Gasteiger partial charge in [-0.3, -0.25) is 29.8 Å². The van der Waals surface area contributed by atoms with Crippen LogP contribution in [0.1, 0.15) is 41.4 Å². The first-order valence-electron chi connectivity index (χ1n) is 14.4. The van der Waals surface area contributed by atoms with E-state index >= 15 is 0 Å². The number of carbonyl (C=O) groups excluding carboxylic acids is 4. The predicted octanol–water partition coefficient (Wildman–Crippen LogP) is 1.64. The van der Waals surface area contributed by atoms with Crippen molar-refractivity contribution in [1.82, 2.24) is 39.5 Å². The fraction of sp³-hybridized carbons (Fsp3) is 0.0968. The minimum atomic E-state index is -0.769. The second-order valence-corrected chi connectivity index (χ2v) is 10.4. The number of ether oxygens (including phenoxy) is 1. The number of aromatic hydroxyl groups is 1. The summed E-state index contributed by atoms with van der Waals surface area (Å²) in [6.45, 7) is 0.200. The fourth-order valence-electron chi connectivity index (χ4n) is 5.02. The Morgan fingerprint density at radius 1 is 0.735 bits per heavy atom. The van der Waals surface area contributed by atoms with Gasteiger partial charge < -0.3 is 30.4 Å². The third kappa shape index (κ3) is 6.41. The maximum Gasteiger partial charge on any atom is 0.259 e. The molecule has 0 spiro atoms. The van der Waals surface area contributed by atoms with Gasteiger partial charge in [-0.25, -0.2) is 9.97 Å². The maximum atomic E-state index is 13.0. The number of hydrogen-bond acceptors (Lipinski definition) is 12. The number of fused-ring (bicyclic) bond motifs is 2. The van der Waals surface area contributed by atoms with E-state index in [1.165, 1.54) is 72.9 Å². The molecule has 0 bridgehead atoms. The standard InChI is InChI=1S/C31H26N12O6/c1-49-23-13-19(27(33)46)11-21-25(23)43(31(39-21)41-29(48)17-5-7-35-37-15-17)9-3-2-8-42-24-20(10-18(26(32)45)12-22(24)44)38-30(42)40-28(47)16-4-6-34-36-14-16/h2-7,10-15,44H,8-9H2,1H3,(H2,32,45)(H2,33,46)(H,38,40,47)(H,39,41,48)/b3-2+. The van der Waals surface area contributed by atoms with Crippen molar-refractivity contribution >= 4 is 57.6 Å². The van der Waals surface area contributed by atoms with Crippen LogP contribution < -0.4 is 26.8 Å². The van der Waals surface area contributed by atoms with Crippen LogP contribution in [0.3, 0.4) is 0 Å². The largest absolute Gasteiger partial charge is 0.506 e. The topological polar surface area (TPSA) is 261 Å². The number of benzene rings is 2. The maximum absolute atomic E-state index is 13.0. The Kier molecular flexibility index (Phi) is 8.57. The number of allylic oxidation sites excluding steroid dienone is 2. The first-order valence-corrected chi connectivity index (χ1v) is 14.4. The summed E-state index contributed by atoms with van der Waals surface area (Å²) in [5.74, 6) is -2.32. The van der Waals surface area contributed by atoms with Gasteiger partial charge in [0.1, 0.15) is 22.5 Å². The summed E-state index contributed by atoms with van der Waals surface area (Å²) in [5, 5.41) is 31.2. The number of carbonyl (C=O) groups is 4. The number of nitrogens with zero attached hydrogens (tertiary/aromatic N) is 8. The first-order chi connectivity index (χ1) is 23.6. The minimum absolute atomic E-state index is 0.0268. The van der Waals surface area contributed by atoms with Gasteiger partial charge in [0.15, 0.2) is 0 Å². The van der Waals surface area contributed by atoms with Crippen LogP contribution in [0.2, 0.25) is 0 Å². The van der Waals surface area contributed by atoms with Gasteiger partial charge in [0.25, 0.3) is 11.8 Å². The van der Waals surface area contributed by atoms with Crippen molar-refractivity contribution in [1.29, 1.82) is 0 Å². The summed E-state index contributed by atoms with van der Waals surface area (Å²) in [4.78, 5) is 58.9. The van der Waals surface area contributed by atoms with Gasteiger partial charge in [0.05, 0.1) is 54.1 Å². The van der Waals surface area contributed by atoms with E-state index < -0.39 is 23.6 Å². The van der Waals surface area contributed by atoms with E-state index in [1.54, 1.807) is 16.7 Å². The number of nitrogens with two attached hydrogens (primary N) is 2. The molecule has 18 heteroatoms. The number of rotatable bonds is 11. The van der Waals surface area contributed by atoms with Crippen LogP contribution in [-0.2, 0) is 13.1 Å². The van der Waals surface area contributed by atoms with Gasteiger partial charge in [0, 0.05) is 24.2 Å². The first kappa shape index (κ1) is 31.7. The second kappa shape index (κ2) is 13.2. The highest BCUT2D eigenvalue weighted by Gasteiger charge is 2.21. The number of aromatic nitrogens is 8. The SMILES string of the molecule is COc1cc(C(N)=O)cc2nc(NC(=O)c3ccnnc3)n(C/C=C/Cn3c(NC(=O)c4ccnnc4)nc4cc(C(N)=O)cc(O)c43)c12. The number of anilines is 2. The number of hydrogen-bond donors (Lipinski definition) is 5. The molecule has 49 heavy (non-hydrogen) atoms. The van der Waals surface area contributed by atoms with Gasteiger partial charge in [-0.05, 0) is 36.4 Å². The Labute approximate surface area is 275 Å². The summed E-state index contributed by atoms with van der Waals surface area (Å²) in [6.07, 6.45) is 8.78. The molecule has 0 saturated heterocycles. The number of phenols is 1. The zero-order valence-electron chi connectivity index (χ0n) is 25.6. The quantitative estimate of drug-likeness (QED) is 0.124. The molecule has 0 aliphatic rings. The lowest BCUT2D eigenvalue weighted by molar-refractivity contribution is 0.0991. The van der Waals surface area contributed by atoms with Crippen molar-refractivity contribution in [2.75, 3.05) is 17.7 Å². The molecular formula is C31H26N12O6. The molecule has 18 nitrogen and oxygen atoms in total. The highest BCUT2D eigenvalue weighted by molar-refractivity contribution is 6.06. The second-order valence-electron chi connectivity index (χ2n) is 10.4. The van der Waals surface area contributed by atoms with E-state index in [9.17, 15) is 24.3 Å². The molecule has 2 aromatic carbocycles. The van der Waals surface area contributed by atoms with Crippen LogP contribution >= 0.6 is 0 Å². The zero-order chi connectivity index (χ0) is 34.7. The lowest BCUT2D eigenvalue weighted by atomic mass is 10.1. The summed E-state index contributed by atoms with van der Waals surface area (Å²) in [7, 11) is 1.42. The molecule has 246 valence electrons. The Balaban J connectivity index is 1.37. The van der Waals surface area contributed by atoms with Crippen LogP contribution in [0.15, 0.2) is 73.3 Å². The summed E-state index contributed by atoms with van der Waals surface area (Å²) in [6, 6.07) is 8.52. The van der Waals surface area contributed by atoms with Crippen molar-refractivity contribution in [3.05, 3.63) is 95.6 Å². The molecule has 4 aromatic heterocycles. The molecule has 7 N–H and O–H groups in total. The molecule has 4 amide bonds. The van der Waals surface area contributed by atoms with Crippen LogP contribution in [-0.4, -0.2) is 75.3 Å². The summed E-state index contributed by atoms with van der Waals surface area (Å²) in [5.41, 5.74) is 12.8. The monoisotopic (exact) mass is 662 g/mol. The smallest absolute Gasteiger partial charge is 0.259 e. The van der Waals surface area contributed by atoms with Crippen LogP contribution in [0.5, 0.6) is 11.5 Å². The zero-order valence-corrected chi connectivity index (χ0v) is 25.6.